The number of hydrogen-bond donors (Lipinski definition) is 0. The molecule has 0 bridgehead atoms. The Labute approximate surface area is 53.0 Å². The summed E-state index contributed by atoms with van der Waals surface area (Å²) >= 11 is 0. The van der Waals surface area contributed by atoms with Crippen LogP contribution >= 0.6 is 0 Å². The summed E-state index contributed by atoms with van der Waals surface area (Å²) in [6.45, 7) is 2.16. The molecule has 0 aliphatic carbocycles. The molecule has 1 heteroatoms. The van der Waals surface area contributed by atoms with Crippen molar-refractivity contribution in [2.75, 3.05) is 0 Å². The van der Waals surface area contributed by atoms with Crippen LogP contribution in [0.3, 0.4) is 0 Å². The molecule has 0 spiro atoms. The fraction of sp³-hybridized carbons (Fsp3) is 0.143. The molecule has 0 saturated carbocycles. The van der Waals surface area contributed by atoms with Crippen LogP contribution in [0.2, 0.25) is 0 Å². The Morgan fingerprint density at radius 2 is 1.88 bits per heavy atom. The fourth-order valence-corrected chi connectivity index (χ4v) is 1.02. The Morgan fingerprint density at radius 3 is 2.25 bits per heavy atom. The molecule has 0 aliphatic rings. The quantitative estimate of drug-likeness (QED) is 0.424. The lowest BCUT2D eigenvalue weighted by molar-refractivity contribution is 1.52. The van der Waals surface area contributed by atoms with Crippen LogP contribution in [-0.4, -0.2) is 10.2 Å². The molecule has 0 fully saturated rings. The Morgan fingerprint density at radius 1 is 1.25 bits per heavy atom. The molecule has 8 heavy (non-hydrogen) atoms. The average molecular weight is 122 g/mol. The summed E-state index contributed by atoms with van der Waals surface area (Å²) in [7, 11) is 1.18. The fourth-order valence-electron chi connectivity index (χ4n) is 0.663. The van der Waals surface area contributed by atoms with Crippen molar-refractivity contribution in [3.63, 3.8) is 0 Å². The minimum Gasteiger partial charge on any atom is -0.0679 e. The molecule has 0 amide bonds. The number of rotatable bonds is 0. The maximum absolute atomic E-state index is 2.18. The zero-order valence-corrected chi connectivity index (χ0v) is 7.31. The van der Waals surface area contributed by atoms with E-state index in [1.165, 1.54) is 21.0 Å². The molecule has 0 aromatic heterocycles. The highest BCUT2D eigenvalue weighted by Gasteiger charge is 1.83. The van der Waals surface area contributed by atoms with Gasteiger partial charge in [0, 0.05) is 10.2 Å². The standard InChI is InChI=1S/C7H10Si/c1-6-4-2-3-5-7(6)8/h2-5H,1,8H3. The van der Waals surface area contributed by atoms with Crippen LogP contribution in [0.4, 0.5) is 0 Å². The van der Waals surface area contributed by atoms with Crippen LogP contribution < -0.4 is 5.19 Å². The summed E-state index contributed by atoms with van der Waals surface area (Å²) < 4.78 is 0. The van der Waals surface area contributed by atoms with Gasteiger partial charge >= 0.3 is 0 Å². The van der Waals surface area contributed by atoms with Crippen molar-refractivity contribution in [1.29, 1.82) is 0 Å². The van der Waals surface area contributed by atoms with E-state index in [1.54, 1.807) is 0 Å². The van der Waals surface area contributed by atoms with E-state index >= 15 is 0 Å². The van der Waals surface area contributed by atoms with Gasteiger partial charge in [0.2, 0.25) is 0 Å². The molecule has 0 unspecified atom stereocenters. The zero-order chi connectivity index (χ0) is 5.98. The first-order chi connectivity index (χ1) is 3.80. The van der Waals surface area contributed by atoms with E-state index in [1.807, 2.05) is 0 Å². The van der Waals surface area contributed by atoms with Gasteiger partial charge in [0.25, 0.3) is 0 Å². The second kappa shape index (κ2) is 2.14. The van der Waals surface area contributed by atoms with Crippen molar-refractivity contribution in [3.05, 3.63) is 29.8 Å². The van der Waals surface area contributed by atoms with Gasteiger partial charge in [0.15, 0.2) is 0 Å². The first kappa shape index (κ1) is 5.57. The lowest BCUT2D eigenvalue weighted by Gasteiger charge is -1.93. The molecule has 0 nitrogen and oxygen atoms in total. The number of benzene rings is 1. The molecule has 0 heterocycles. The Hall–Kier alpha value is -0.563. The maximum Gasteiger partial charge on any atom is 0.0388 e. The Bertz CT molecular complexity index is 160. The maximum atomic E-state index is 2.18. The lowest BCUT2D eigenvalue weighted by atomic mass is 10.2. The van der Waals surface area contributed by atoms with E-state index in [-0.39, 0.29) is 0 Å². The lowest BCUT2D eigenvalue weighted by Crippen LogP contribution is -2.04. The van der Waals surface area contributed by atoms with E-state index in [0.717, 1.165) is 0 Å². The van der Waals surface area contributed by atoms with E-state index in [0.29, 0.717) is 0 Å². The van der Waals surface area contributed by atoms with E-state index in [9.17, 15) is 0 Å². The second-order valence-electron chi connectivity index (χ2n) is 2.08. The third-order valence-electron chi connectivity index (χ3n) is 1.43. The van der Waals surface area contributed by atoms with E-state index < -0.39 is 0 Å². The smallest absolute Gasteiger partial charge is 0.0388 e. The summed E-state index contributed by atoms with van der Waals surface area (Å²) in [4.78, 5) is 0. The minimum atomic E-state index is 1.18. The molecule has 1 aromatic carbocycles. The van der Waals surface area contributed by atoms with Crippen molar-refractivity contribution in [2.24, 2.45) is 0 Å². The highest BCUT2D eigenvalue weighted by molar-refractivity contribution is 6.33. The van der Waals surface area contributed by atoms with Crippen molar-refractivity contribution in [2.45, 2.75) is 6.92 Å². The average Bonchev–Trinajstić information content (AvgIpc) is 1.77. The predicted molar refractivity (Wildman–Crippen MR) is 40.8 cm³/mol. The Balaban J connectivity index is 3.13. The van der Waals surface area contributed by atoms with Crippen molar-refractivity contribution >= 4 is 15.4 Å². The molecule has 0 atom stereocenters. The van der Waals surface area contributed by atoms with Gasteiger partial charge in [0.05, 0.1) is 0 Å². The van der Waals surface area contributed by atoms with Crippen molar-refractivity contribution in [3.8, 4) is 0 Å². The molecular formula is C7H10Si. The van der Waals surface area contributed by atoms with Crippen LogP contribution in [0.25, 0.3) is 0 Å². The van der Waals surface area contributed by atoms with Gasteiger partial charge in [-0.05, 0) is 6.92 Å². The largest absolute Gasteiger partial charge is 0.0679 e. The number of hydrogen-bond acceptors (Lipinski definition) is 0. The summed E-state index contributed by atoms with van der Waals surface area (Å²) in [6, 6.07) is 8.51. The normalized spacial score (nSPS) is 9.62. The topological polar surface area (TPSA) is 0 Å². The van der Waals surface area contributed by atoms with Crippen LogP contribution in [0.1, 0.15) is 5.56 Å². The summed E-state index contributed by atoms with van der Waals surface area (Å²) in [5, 5.41) is 1.51. The molecule has 42 valence electrons. The molecule has 0 N–H and O–H groups in total. The van der Waals surface area contributed by atoms with E-state index in [4.69, 9.17) is 0 Å². The van der Waals surface area contributed by atoms with Gasteiger partial charge in [0.1, 0.15) is 0 Å². The summed E-state index contributed by atoms with van der Waals surface area (Å²) in [5.41, 5.74) is 1.43. The second-order valence-corrected chi connectivity index (χ2v) is 3.16. The van der Waals surface area contributed by atoms with Crippen LogP contribution in [0.15, 0.2) is 24.3 Å². The monoisotopic (exact) mass is 122 g/mol. The third kappa shape index (κ3) is 0.983. The van der Waals surface area contributed by atoms with Gasteiger partial charge in [-0.2, -0.15) is 0 Å². The van der Waals surface area contributed by atoms with E-state index in [2.05, 4.69) is 31.2 Å². The first-order valence-electron chi connectivity index (χ1n) is 2.83. The molecular weight excluding hydrogens is 112 g/mol. The summed E-state index contributed by atoms with van der Waals surface area (Å²) in [6.07, 6.45) is 0. The van der Waals surface area contributed by atoms with Crippen molar-refractivity contribution in [1.82, 2.24) is 0 Å². The van der Waals surface area contributed by atoms with Crippen LogP contribution in [-0.2, 0) is 0 Å². The van der Waals surface area contributed by atoms with Gasteiger partial charge in [-0.1, -0.05) is 35.0 Å². The van der Waals surface area contributed by atoms with Crippen molar-refractivity contribution < 1.29 is 0 Å². The van der Waals surface area contributed by atoms with Crippen LogP contribution in [0.5, 0.6) is 0 Å². The molecule has 1 rings (SSSR count). The zero-order valence-electron chi connectivity index (χ0n) is 5.31. The Kier molecular flexibility index (Phi) is 1.49. The highest BCUT2D eigenvalue weighted by atomic mass is 28.1. The minimum absolute atomic E-state index is 1.18. The third-order valence-corrected chi connectivity index (χ3v) is 2.55. The van der Waals surface area contributed by atoms with Gasteiger partial charge in [-0.25, -0.2) is 0 Å². The number of aryl methyl sites for hydroxylation is 1. The first-order valence-corrected chi connectivity index (χ1v) is 3.83. The SMILES string of the molecule is Cc1ccccc1[SiH3]. The summed E-state index contributed by atoms with van der Waals surface area (Å²) in [5.74, 6) is 0. The van der Waals surface area contributed by atoms with Crippen LogP contribution in [0, 0.1) is 6.92 Å². The van der Waals surface area contributed by atoms with Gasteiger partial charge in [-0.3, -0.25) is 0 Å². The molecule has 0 saturated heterocycles. The van der Waals surface area contributed by atoms with Gasteiger partial charge < -0.3 is 0 Å². The molecule has 0 radical (unpaired) electrons. The van der Waals surface area contributed by atoms with Gasteiger partial charge in [-0.15, -0.1) is 0 Å². The highest BCUT2D eigenvalue weighted by Crippen LogP contribution is 1.88. The molecule has 0 aliphatic heterocycles. The predicted octanol–water partition coefficient (Wildman–Crippen LogP) is -0.0143. The molecule has 1 aromatic rings.